The van der Waals surface area contributed by atoms with Crippen LogP contribution in [0.3, 0.4) is 0 Å². The number of pyridine rings is 1. The first-order valence-corrected chi connectivity index (χ1v) is 9.92. The molecule has 0 fully saturated rings. The number of fused-ring (bicyclic) bond motifs is 1. The molecule has 32 heavy (non-hydrogen) atoms. The number of nitrogens with zero attached hydrogens (tertiary/aromatic N) is 2. The van der Waals surface area contributed by atoms with Gasteiger partial charge in [-0.1, -0.05) is 6.07 Å². The molecule has 0 atom stereocenters. The van der Waals surface area contributed by atoms with Gasteiger partial charge in [0.25, 0.3) is 17.0 Å². The zero-order valence-electron chi connectivity index (χ0n) is 17.4. The van der Waals surface area contributed by atoms with Crippen LogP contribution in [0.25, 0.3) is 11.1 Å². The number of halogens is 1. The zero-order valence-corrected chi connectivity index (χ0v) is 17.4. The van der Waals surface area contributed by atoms with Gasteiger partial charge in [0.1, 0.15) is 17.2 Å². The smallest absolute Gasteiger partial charge is 0.296 e. The van der Waals surface area contributed by atoms with Gasteiger partial charge in [-0.05, 0) is 49.2 Å². The van der Waals surface area contributed by atoms with Gasteiger partial charge in [0.15, 0.2) is 5.69 Å². The van der Waals surface area contributed by atoms with Crippen molar-refractivity contribution in [1.29, 1.82) is 0 Å². The van der Waals surface area contributed by atoms with Crippen molar-refractivity contribution in [3.63, 3.8) is 0 Å². The minimum Gasteiger partial charge on any atom is -0.501 e. The molecule has 0 radical (unpaired) electrons. The van der Waals surface area contributed by atoms with Gasteiger partial charge in [-0.25, -0.2) is 9.37 Å². The lowest BCUT2D eigenvalue weighted by Crippen LogP contribution is -2.42. The van der Waals surface area contributed by atoms with E-state index in [1.165, 1.54) is 29.0 Å². The summed E-state index contributed by atoms with van der Waals surface area (Å²) in [6.45, 7) is 3.82. The van der Waals surface area contributed by atoms with Gasteiger partial charge < -0.3 is 20.1 Å². The molecule has 4 rings (SSSR count). The van der Waals surface area contributed by atoms with Gasteiger partial charge >= 0.3 is 0 Å². The number of ether oxygens (including phenoxy) is 1. The number of H-pyrrole nitrogens is 1. The zero-order chi connectivity index (χ0) is 23.0. The lowest BCUT2D eigenvalue weighted by Gasteiger charge is -2.32. The quantitative estimate of drug-likeness (QED) is 0.566. The molecule has 0 saturated carbocycles. The first-order chi connectivity index (χ1) is 15.2. The summed E-state index contributed by atoms with van der Waals surface area (Å²) in [7, 11) is 0. The summed E-state index contributed by atoms with van der Waals surface area (Å²) < 4.78 is 20.8. The molecule has 3 heterocycles. The molecule has 1 aliphatic rings. The van der Waals surface area contributed by atoms with E-state index in [2.05, 4.69) is 15.3 Å². The van der Waals surface area contributed by atoms with Crippen molar-refractivity contribution in [2.24, 2.45) is 0 Å². The van der Waals surface area contributed by atoms with Crippen LogP contribution in [0.4, 0.5) is 4.39 Å². The molecule has 9 nitrogen and oxygen atoms in total. The predicted octanol–water partition coefficient (Wildman–Crippen LogP) is 1.64. The molecule has 0 aliphatic carbocycles. The molecule has 3 aromatic rings. The standard InChI is InChI=1S/C22H21FN4O5/c1-22(2)21-26-16(17(28)20(31)27(21)8-9-32-22)19(30)25-11-12-5-6-13(23)10-15(12)14-4-3-7-24-18(14)29/h3-7,10,28H,8-9,11H2,1-2H3,(H,24,29)(H,25,30). The largest absolute Gasteiger partial charge is 0.501 e. The SMILES string of the molecule is CC1(C)OCCn2c1nc(C(=O)NCc1ccc(F)cc1-c1ccc[nH]c1=O)c(O)c2=O. The molecular weight excluding hydrogens is 419 g/mol. The first-order valence-electron chi connectivity index (χ1n) is 9.92. The van der Waals surface area contributed by atoms with E-state index < -0.39 is 39.9 Å². The predicted molar refractivity (Wildman–Crippen MR) is 113 cm³/mol. The Kier molecular flexibility index (Phi) is 5.39. The number of carbonyl (C=O) groups excluding carboxylic acids is 1. The van der Waals surface area contributed by atoms with Gasteiger partial charge in [0.2, 0.25) is 5.75 Å². The topological polar surface area (TPSA) is 126 Å². The number of amides is 1. The Morgan fingerprint density at radius 3 is 2.84 bits per heavy atom. The van der Waals surface area contributed by atoms with Crippen LogP contribution in [-0.2, 0) is 23.4 Å². The van der Waals surface area contributed by atoms with Crippen LogP contribution in [0.2, 0.25) is 0 Å². The van der Waals surface area contributed by atoms with Crippen LogP contribution < -0.4 is 16.4 Å². The molecule has 3 N–H and O–H groups in total. The van der Waals surface area contributed by atoms with Crippen LogP contribution in [-0.4, -0.2) is 32.2 Å². The number of aromatic nitrogens is 3. The first kappa shape index (κ1) is 21.4. The van der Waals surface area contributed by atoms with Crippen molar-refractivity contribution < 1.29 is 19.0 Å². The van der Waals surface area contributed by atoms with Crippen molar-refractivity contribution in [1.82, 2.24) is 19.9 Å². The highest BCUT2D eigenvalue weighted by Gasteiger charge is 2.34. The molecule has 1 aromatic carbocycles. The second kappa shape index (κ2) is 8.04. The Balaban J connectivity index is 1.66. The minimum atomic E-state index is -0.918. The van der Waals surface area contributed by atoms with Crippen LogP contribution >= 0.6 is 0 Å². The van der Waals surface area contributed by atoms with Crippen LogP contribution in [0, 0.1) is 5.82 Å². The molecule has 2 aromatic heterocycles. The van der Waals surface area contributed by atoms with Crippen molar-refractivity contribution in [2.75, 3.05) is 6.61 Å². The van der Waals surface area contributed by atoms with Crippen LogP contribution in [0.1, 0.15) is 35.7 Å². The van der Waals surface area contributed by atoms with E-state index in [1.54, 1.807) is 26.0 Å². The van der Waals surface area contributed by atoms with E-state index in [0.717, 1.165) is 0 Å². The summed E-state index contributed by atoms with van der Waals surface area (Å²) in [5.41, 5.74) is -1.47. The van der Waals surface area contributed by atoms with E-state index in [1.807, 2.05) is 0 Å². The lowest BCUT2D eigenvalue weighted by atomic mass is 10.0. The lowest BCUT2D eigenvalue weighted by molar-refractivity contribution is -0.0566. The molecule has 1 aliphatic heterocycles. The van der Waals surface area contributed by atoms with Gasteiger partial charge in [-0.15, -0.1) is 0 Å². The minimum absolute atomic E-state index is 0.0950. The highest BCUT2D eigenvalue weighted by atomic mass is 19.1. The van der Waals surface area contributed by atoms with Crippen LogP contribution in [0.5, 0.6) is 5.75 Å². The third-order valence-electron chi connectivity index (χ3n) is 5.30. The van der Waals surface area contributed by atoms with E-state index >= 15 is 0 Å². The van der Waals surface area contributed by atoms with Crippen molar-refractivity contribution >= 4 is 5.91 Å². The van der Waals surface area contributed by atoms with E-state index in [4.69, 9.17) is 4.74 Å². The second-order valence-corrected chi connectivity index (χ2v) is 7.85. The summed E-state index contributed by atoms with van der Waals surface area (Å²) in [6, 6.07) is 7.01. The number of rotatable bonds is 4. The number of hydrogen-bond donors (Lipinski definition) is 3. The summed E-state index contributed by atoms with van der Waals surface area (Å²) in [5, 5.41) is 12.9. The highest BCUT2D eigenvalue weighted by molar-refractivity contribution is 5.94. The Morgan fingerprint density at radius 2 is 2.09 bits per heavy atom. The third kappa shape index (κ3) is 3.80. The number of benzene rings is 1. The number of nitrogens with one attached hydrogen (secondary N) is 2. The average Bonchev–Trinajstić information content (AvgIpc) is 2.75. The second-order valence-electron chi connectivity index (χ2n) is 7.85. The van der Waals surface area contributed by atoms with E-state index in [0.29, 0.717) is 11.1 Å². The normalized spacial score (nSPS) is 14.6. The molecule has 1 amide bonds. The maximum absolute atomic E-state index is 13.9. The number of carbonyl (C=O) groups is 1. The van der Waals surface area contributed by atoms with Crippen LogP contribution in [0.15, 0.2) is 46.1 Å². The molecular formula is C22H21FN4O5. The summed E-state index contributed by atoms with van der Waals surface area (Å²) in [4.78, 5) is 44.3. The molecule has 0 spiro atoms. The van der Waals surface area contributed by atoms with Gasteiger partial charge in [-0.2, -0.15) is 0 Å². The van der Waals surface area contributed by atoms with Crippen molar-refractivity contribution in [2.45, 2.75) is 32.5 Å². The summed E-state index contributed by atoms with van der Waals surface area (Å²) in [5.74, 6) is -1.86. The molecule has 10 heteroatoms. The Morgan fingerprint density at radius 1 is 1.31 bits per heavy atom. The van der Waals surface area contributed by atoms with Crippen molar-refractivity contribution in [3.05, 3.63) is 80.1 Å². The van der Waals surface area contributed by atoms with Gasteiger partial charge in [0, 0.05) is 18.3 Å². The maximum atomic E-state index is 13.9. The maximum Gasteiger partial charge on any atom is 0.296 e. The molecule has 0 bridgehead atoms. The van der Waals surface area contributed by atoms with Gasteiger partial charge in [0.05, 0.1) is 13.2 Å². The fourth-order valence-electron chi connectivity index (χ4n) is 3.67. The summed E-state index contributed by atoms with van der Waals surface area (Å²) in [6.07, 6.45) is 1.46. The summed E-state index contributed by atoms with van der Waals surface area (Å²) >= 11 is 0. The van der Waals surface area contributed by atoms with Gasteiger partial charge in [-0.3, -0.25) is 19.0 Å². The Hall–Kier alpha value is -3.79. The Labute approximate surface area is 181 Å². The Bertz CT molecular complexity index is 1330. The highest BCUT2D eigenvalue weighted by Crippen LogP contribution is 2.27. The monoisotopic (exact) mass is 440 g/mol. The fourth-order valence-corrected chi connectivity index (χ4v) is 3.67. The fraction of sp³-hybridized carbons (Fsp3) is 0.273. The number of hydrogen-bond acceptors (Lipinski definition) is 6. The number of aromatic amines is 1. The van der Waals surface area contributed by atoms with E-state index in [9.17, 15) is 23.9 Å². The number of aromatic hydroxyl groups is 1. The average molecular weight is 440 g/mol. The van der Waals surface area contributed by atoms with Crippen molar-refractivity contribution in [3.8, 4) is 16.9 Å². The molecule has 0 saturated heterocycles. The molecule has 0 unspecified atom stereocenters. The molecule has 166 valence electrons. The third-order valence-corrected chi connectivity index (χ3v) is 5.30. The van der Waals surface area contributed by atoms with E-state index in [-0.39, 0.29) is 31.1 Å².